The molecule has 1 aromatic heterocycles. The van der Waals surface area contributed by atoms with Crippen LogP contribution in [0.15, 0.2) is 84.9 Å². The van der Waals surface area contributed by atoms with E-state index in [9.17, 15) is 14.8 Å². The number of hydrogen-bond donors (Lipinski definition) is 3. The third-order valence-corrected chi connectivity index (χ3v) is 7.35. The van der Waals surface area contributed by atoms with Gasteiger partial charge in [0.15, 0.2) is 0 Å². The fourth-order valence-corrected chi connectivity index (χ4v) is 5.53. The first-order chi connectivity index (χ1) is 19.4. The first kappa shape index (κ1) is 27.3. The Bertz CT molecular complexity index is 1480. The first-order valence-electron chi connectivity index (χ1n) is 13.5. The van der Waals surface area contributed by atoms with Gasteiger partial charge in [0.05, 0.1) is 17.5 Å². The van der Waals surface area contributed by atoms with Crippen LogP contribution in [0.1, 0.15) is 46.4 Å². The lowest BCUT2D eigenvalue weighted by Crippen LogP contribution is -2.60. The Balaban J connectivity index is 1.26. The molecule has 1 unspecified atom stereocenters. The summed E-state index contributed by atoms with van der Waals surface area (Å²) in [6.07, 6.45) is 1.45. The lowest BCUT2D eigenvalue weighted by Gasteiger charge is -2.43. The van der Waals surface area contributed by atoms with E-state index in [-0.39, 0.29) is 12.3 Å². The Morgan fingerprint density at radius 3 is 2.55 bits per heavy atom. The van der Waals surface area contributed by atoms with Gasteiger partial charge in [-0.05, 0) is 68.3 Å². The van der Waals surface area contributed by atoms with Crippen molar-refractivity contribution in [3.63, 3.8) is 0 Å². The van der Waals surface area contributed by atoms with E-state index in [0.29, 0.717) is 30.9 Å². The van der Waals surface area contributed by atoms with Crippen LogP contribution in [-0.4, -0.2) is 45.5 Å². The van der Waals surface area contributed by atoms with Crippen LogP contribution in [0.5, 0.6) is 5.75 Å². The summed E-state index contributed by atoms with van der Waals surface area (Å²) < 4.78 is 6.05. The van der Waals surface area contributed by atoms with E-state index in [1.165, 1.54) is 5.56 Å². The van der Waals surface area contributed by atoms with Gasteiger partial charge in [0.25, 0.3) is 5.91 Å². The summed E-state index contributed by atoms with van der Waals surface area (Å²) in [6.45, 7) is 4.43. The number of hydroxylamine groups is 1. The van der Waals surface area contributed by atoms with Gasteiger partial charge in [-0.2, -0.15) is 0 Å². The minimum atomic E-state index is -0.799. The van der Waals surface area contributed by atoms with Gasteiger partial charge in [0, 0.05) is 35.3 Å². The summed E-state index contributed by atoms with van der Waals surface area (Å²) in [6, 6.07) is 27.1. The third-order valence-electron chi connectivity index (χ3n) is 7.35. The van der Waals surface area contributed by atoms with E-state index >= 15 is 0 Å². The van der Waals surface area contributed by atoms with Crippen LogP contribution in [0.2, 0.25) is 0 Å². The van der Waals surface area contributed by atoms with Crippen LogP contribution in [0, 0.1) is 6.92 Å². The van der Waals surface area contributed by atoms with Gasteiger partial charge >= 0.3 is 0 Å². The highest BCUT2D eigenvalue weighted by Crippen LogP contribution is 2.27. The maximum atomic E-state index is 13.4. The van der Waals surface area contributed by atoms with Crippen LogP contribution in [0.25, 0.3) is 10.9 Å². The van der Waals surface area contributed by atoms with Crippen molar-refractivity contribution in [2.75, 3.05) is 13.1 Å². The molecule has 1 atom stereocenters. The van der Waals surface area contributed by atoms with Crippen molar-refractivity contribution in [2.45, 2.75) is 44.9 Å². The molecule has 2 amide bonds. The zero-order valence-corrected chi connectivity index (χ0v) is 22.6. The quantitative estimate of drug-likeness (QED) is 0.209. The number of hydrogen-bond acceptors (Lipinski definition) is 6. The highest BCUT2D eigenvalue weighted by Gasteiger charge is 2.39. The number of likely N-dealkylation sites (tertiary alicyclic amines) is 1. The second-order valence-electron chi connectivity index (χ2n) is 10.5. The number of amides is 2. The smallest absolute Gasteiger partial charge is 0.251 e. The second kappa shape index (κ2) is 12.3. The lowest BCUT2D eigenvalue weighted by molar-refractivity contribution is -0.131. The number of aromatic nitrogens is 1. The maximum Gasteiger partial charge on any atom is 0.251 e. The Morgan fingerprint density at radius 1 is 1.02 bits per heavy atom. The molecule has 0 bridgehead atoms. The average molecular weight is 539 g/mol. The molecule has 4 aromatic rings. The maximum absolute atomic E-state index is 13.4. The normalized spacial score (nSPS) is 17.4. The van der Waals surface area contributed by atoms with Gasteiger partial charge in [0.1, 0.15) is 12.4 Å². The zero-order chi connectivity index (χ0) is 28.0. The van der Waals surface area contributed by atoms with Gasteiger partial charge < -0.3 is 10.1 Å². The van der Waals surface area contributed by atoms with Crippen LogP contribution >= 0.6 is 0 Å². The number of fused-ring (bicyclic) bond motifs is 1. The molecule has 3 aromatic carbocycles. The number of carbonyl (C=O) groups excluding carboxylic acids is 2. The fraction of sp³-hybridized carbons (Fsp3) is 0.281. The Morgan fingerprint density at radius 2 is 1.77 bits per heavy atom. The van der Waals surface area contributed by atoms with Crippen molar-refractivity contribution in [3.8, 4) is 5.75 Å². The van der Waals surface area contributed by atoms with Gasteiger partial charge in [-0.25, -0.2) is 5.48 Å². The number of nitrogens with zero attached hydrogens (tertiary/aromatic N) is 2. The summed E-state index contributed by atoms with van der Waals surface area (Å²) in [5, 5.41) is 13.4. The molecule has 1 aliphatic heterocycles. The molecule has 0 radical (unpaired) electrons. The van der Waals surface area contributed by atoms with Gasteiger partial charge in [0.2, 0.25) is 5.91 Å². The molecule has 0 spiro atoms. The van der Waals surface area contributed by atoms with Gasteiger partial charge in [-0.1, -0.05) is 48.5 Å². The SMILES string of the molecule is Cc1cc(COc2ccc(C(=O)NC3(CC(=O)NO)CCCN(Cc4ccccc4)C3)cc2)c2ccccc2n1. The molecule has 1 saturated heterocycles. The minimum absolute atomic E-state index is 0.0129. The summed E-state index contributed by atoms with van der Waals surface area (Å²) in [5.41, 5.74) is 5.49. The van der Waals surface area contributed by atoms with E-state index < -0.39 is 11.4 Å². The lowest BCUT2D eigenvalue weighted by atomic mass is 9.84. The summed E-state index contributed by atoms with van der Waals surface area (Å²) in [4.78, 5) is 32.4. The molecule has 3 N–H and O–H groups in total. The number of para-hydroxylation sites is 1. The minimum Gasteiger partial charge on any atom is -0.489 e. The number of ether oxygens (including phenoxy) is 1. The number of aryl methyl sites for hydroxylation is 1. The number of rotatable bonds is 9. The predicted octanol–water partition coefficient (Wildman–Crippen LogP) is 4.78. The molecular weight excluding hydrogens is 504 g/mol. The number of pyridine rings is 1. The molecular formula is C32H34N4O4. The van der Waals surface area contributed by atoms with Gasteiger partial charge in [-0.15, -0.1) is 0 Å². The number of piperidine rings is 1. The number of carbonyl (C=O) groups is 2. The molecule has 8 heteroatoms. The van der Waals surface area contributed by atoms with Crippen molar-refractivity contribution in [3.05, 3.63) is 107 Å². The van der Waals surface area contributed by atoms with Crippen LogP contribution in [0.3, 0.4) is 0 Å². The van der Waals surface area contributed by atoms with Crippen LogP contribution < -0.4 is 15.5 Å². The summed E-state index contributed by atoms with van der Waals surface area (Å²) in [5.74, 6) is -0.143. The largest absolute Gasteiger partial charge is 0.489 e. The van der Waals surface area contributed by atoms with E-state index in [0.717, 1.165) is 41.7 Å². The zero-order valence-electron chi connectivity index (χ0n) is 22.6. The monoisotopic (exact) mass is 538 g/mol. The fourth-order valence-electron chi connectivity index (χ4n) is 5.53. The van der Waals surface area contributed by atoms with Gasteiger partial charge in [-0.3, -0.25) is 24.7 Å². The van der Waals surface area contributed by atoms with Crippen LogP contribution in [-0.2, 0) is 17.9 Å². The predicted molar refractivity (Wildman–Crippen MR) is 153 cm³/mol. The molecule has 206 valence electrons. The molecule has 8 nitrogen and oxygen atoms in total. The van der Waals surface area contributed by atoms with E-state index in [1.807, 2.05) is 55.5 Å². The Kier molecular flexibility index (Phi) is 8.38. The third kappa shape index (κ3) is 6.65. The molecule has 0 aliphatic carbocycles. The van der Waals surface area contributed by atoms with E-state index in [4.69, 9.17) is 4.74 Å². The Labute approximate surface area is 233 Å². The average Bonchev–Trinajstić information content (AvgIpc) is 2.96. The molecule has 1 aliphatic rings. The molecule has 1 fully saturated rings. The highest BCUT2D eigenvalue weighted by atomic mass is 16.5. The molecule has 5 rings (SSSR count). The first-order valence-corrected chi connectivity index (χ1v) is 13.5. The number of nitrogens with one attached hydrogen (secondary N) is 2. The summed E-state index contributed by atoms with van der Waals surface area (Å²) >= 11 is 0. The summed E-state index contributed by atoms with van der Waals surface area (Å²) in [7, 11) is 0. The molecule has 40 heavy (non-hydrogen) atoms. The van der Waals surface area contributed by atoms with Crippen LogP contribution in [0.4, 0.5) is 0 Å². The van der Waals surface area contributed by atoms with Crippen molar-refractivity contribution in [1.29, 1.82) is 0 Å². The topological polar surface area (TPSA) is 104 Å². The van der Waals surface area contributed by atoms with E-state index in [2.05, 4.69) is 27.3 Å². The Hall–Kier alpha value is -4.27. The standard InChI is InChI=1S/C32H34N4O4/c1-23-18-26(28-10-5-6-11-29(28)33-23)21-40-27-14-12-25(13-15-27)31(38)34-32(19-30(37)35-39)16-7-17-36(22-32)20-24-8-3-2-4-9-24/h2-6,8-15,18,39H,7,16-17,19-22H2,1H3,(H,34,38)(H,35,37). The van der Waals surface area contributed by atoms with Crippen molar-refractivity contribution >= 4 is 22.7 Å². The number of benzene rings is 3. The second-order valence-corrected chi connectivity index (χ2v) is 10.5. The van der Waals surface area contributed by atoms with Crippen molar-refractivity contribution < 1.29 is 19.5 Å². The molecule has 2 heterocycles. The highest BCUT2D eigenvalue weighted by molar-refractivity contribution is 5.95. The van der Waals surface area contributed by atoms with Crippen molar-refractivity contribution in [2.24, 2.45) is 0 Å². The molecule has 0 saturated carbocycles. The van der Waals surface area contributed by atoms with E-state index in [1.54, 1.807) is 29.7 Å². The van der Waals surface area contributed by atoms with Crippen molar-refractivity contribution in [1.82, 2.24) is 20.7 Å².